The van der Waals surface area contributed by atoms with Crippen molar-refractivity contribution < 1.29 is 19.1 Å². The van der Waals surface area contributed by atoms with Crippen molar-refractivity contribution in [3.8, 4) is 5.75 Å². The number of nitrogens with zero attached hydrogens (tertiary/aromatic N) is 2. The first-order valence-electron chi connectivity index (χ1n) is 11.1. The standard InChI is InChI=1S/C23H35N3O4/c1-3-30-21-7-5-4-6-19(21)17-26-13-11-24-23(28)20(26)16-22(27)25(2)12-8-18-9-14-29-15-10-18/h4-7,18,20H,3,8-17H2,1-2H3,(H,24,28)/t20-/m1/s1. The molecular formula is C23H35N3O4. The molecule has 2 amide bonds. The molecule has 1 aromatic carbocycles. The van der Waals surface area contributed by atoms with Gasteiger partial charge in [0.15, 0.2) is 0 Å². The van der Waals surface area contributed by atoms with Gasteiger partial charge in [-0.3, -0.25) is 14.5 Å². The summed E-state index contributed by atoms with van der Waals surface area (Å²) in [6, 6.07) is 7.45. The molecule has 7 heteroatoms. The van der Waals surface area contributed by atoms with E-state index in [2.05, 4.69) is 10.2 Å². The molecule has 1 N–H and O–H groups in total. The number of hydrogen-bond acceptors (Lipinski definition) is 5. The van der Waals surface area contributed by atoms with E-state index in [9.17, 15) is 9.59 Å². The van der Waals surface area contributed by atoms with Gasteiger partial charge in [-0.1, -0.05) is 18.2 Å². The van der Waals surface area contributed by atoms with Crippen molar-refractivity contribution in [2.24, 2.45) is 5.92 Å². The van der Waals surface area contributed by atoms with Crippen molar-refractivity contribution in [2.45, 2.75) is 45.2 Å². The van der Waals surface area contributed by atoms with E-state index in [1.165, 1.54) is 0 Å². The molecule has 7 nitrogen and oxygen atoms in total. The summed E-state index contributed by atoms with van der Waals surface area (Å²) in [5, 5.41) is 2.92. The summed E-state index contributed by atoms with van der Waals surface area (Å²) in [6.45, 7) is 6.83. The highest BCUT2D eigenvalue weighted by atomic mass is 16.5. The zero-order chi connectivity index (χ0) is 21.3. The maximum Gasteiger partial charge on any atom is 0.237 e. The Labute approximate surface area is 179 Å². The highest BCUT2D eigenvalue weighted by Crippen LogP contribution is 2.23. The Balaban J connectivity index is 1.58. The number of benzene rings is 1. The topological polar surface area (TPSA) is 71.1 Å². The van der Waals surface area contributed by atoms with Gasteiger partial charge in [-0.2, -0.15) is 0 Å². The Bertz CT molecular complexity index is 705. The third-order valence-electron chi connectivity index (χ3n) is 6.09. The number of piperazine rings is 1. The third-order valence-corrected chi connectivity index (χ3v) is 6.09. The van der Waals surface area contributed by atoms with E-state index < -0.39 is 6.04 Å². The van der Waals surface area contributed by atoms with E-state index in [4.69, 9.17) is 9.47 Å². The predicted molar refractivity (Wildman–Crippen MR) is 115 cm³/mol. The smallest absolute Gasteiger partial charge is 0.237 e. The summed E-state index contributed by atoms with van der Waals surface area (Å²) in [4.78, 5) is 29.3. The first-order valence-corrected chi connectivity index (χ1v) is 11.1. The molecule has 0 spiro atoms. The van der Waals surface area contributed by atoms with Crippen molar-refractivity contribution in [1.82, 2.24) is 15.1 Å². The molecule has 2 heterocycles. The molecule has 2 saturated heterocycles. The molecule has 166 valence electrons. The minimum Gasteiger partial charge on any atom is -0.494 e. The van der Waals surface area contributed by atoms with Gasteiger partial charge in [0.25, 0.3) is 0 Å². The number of amides is 2. The van der Waals surface area contributed by atoms with E-state index in [1.807, 2.05) is 38.2 Å². The molecule has 0 bridgehead atoms. The lowest BCUT2D eigenvalue weighted by atomic mass is 9.96. The zero-order valence-corrected chi connectivity index (χ0v) is 18.3. The number of hydrogen-bond donors (Lipinski definition) is 1. The van der Waals surface area contributed by atoms with Crippen molar-refractivity contribution >= 4 is 11.8 Å². The molecule has 2 fully saturated rings. The average Bonchev–Trinajstić information content (AvgIpc) is 2.76. The van der Waals surface area contributed by atoms with Gasteiger partial charge < -0.3 is 19.7 Å². The molecule has 0 unspecified atom stereocenters. The van der Waals surface area contributed by atoms with Gasteiger partial charge in [-0.25, -0.2) is 0 Å². The second-order valence-electron chi connectivity index (χ2n) is 8.18. The third kappa shape index (κ3) is 6.19. The lowest BCUT2D eigenvalue weighted by Gasteiger charge is -2.35. The Morgan fingerprint density at radius 2 is 2.07 bits per heavy atom. The monoisotopic (exact) mass is 417 g/mol. The average molecular weight is 418 g/mol. The number of para-hydroxylation sites is 1. The largest absolute Gasteiger partial charge is 0.494 e. The van der Waals surface area contributed by atoms with Crippen molar-refractivity contribution in [3.63, 3.8) is 0 Å². The number of ether oxygens (including phenoxy) is 2. The number of carbonyl (C=O) groups excluding carboxylic acids is 2. The molecule has 3 rings (SSSR count). The molecule has 1 aromatic rings. The first-order chi connectivity index (χ1) is 14.6. The lowest BCUT2D eigenvalue weighted by molar-refractivity contribution is -0.138. The normalized spacial score (nSPS) is 20.6. The van der Waals surface area contributed by atoms with E-state index in [1.54, 1.807) is 4.90 Å². The quantitative estimate of drug-likeness (QED) is 0.666. The number of carbonyl (C=O) groups is 2. The van der Waals surface area contributed by atoms with Crippen LogP contribution < -0.4 is 10.1 Å². The van der Waals surface area contributed by atoms with Gasteiger partial charge in [-0.15, -0.1) is 0 Å². The summed E-state index contributed by atoms with van der Waals surface area (Å²) >= 11 is 0. The van der Waals surface area contributed by atoms with Crippen LogP contribution >= 0.6 is 0 Å². The van der Waals surface area contributed by atoms with E-state index in [0.717, 1.165) is 56.9 Å². The van der Waals surface area contributed by atoms with Crippen LogP contribution in [-0.4, -0.2) is 74.2 Å². The summed E-state index contributed by atoms with van der Waals surface area (Å²) in [5.41, 5.74) is 1.04. The fourth-order valence-corrected chi connectivity index (χ4v) is 4.18. The summed E-state index contributed by atoms with van der Waals surface area (Å²) in [5.74, 6) is 1.41. The SMILES string of the molecule is CCOc1ccccc1CN1CCNC(=O)[C@H]1CC(=O)N(C)CCC1CCOCC1. The molecule has 1 atom stereocenters. The predicted octanol–water partition coefficient (Wildman–Crippen LogP) is 2.05. The molecule has 30 heavy (non-hydrogen) atoms. The summed E-state index contributed by atoms with van der Waals surface area (Å²) in [6.07, 6.45) is 3.33. The summed E-state index contributed by atoms with van der Waals surface area (Å²) in [7, 11) is 1.84. The van der Waals surface area contributed by atoms with Crippen molar-refractivity contribution in [1.29, 1.82) is 0 Å². The molecule has 2 aliphatic heterocycles. The van der Waals surface area contributed by atoms with Gasteiger partial charge in [0.1, 0.15) is 5.75 Å². The fourth-order valence-electron chi connectivity index (χ4n) is 4.18. The van der Waals surface area contributed by atoms with Crippen molar-refractivity contribution in [2.75, 3.05) is 46.5 Å². The first kappa shape index (κ1) is 22.6. The minimum absolute atomic E-state index is 0.0206. The van der Waals surface area contributed by atoms with Crippen LogP contribution in [0.3, 0.4) is 0 Å². The van der Waals surface area contributed by atoms with Gasteiger partial charge in [-0.05, 0) is 38.2 Å². The van der Waals surface area contributed by atoms with Gasteiger partial charge in [0.05, 0.1) is 19.1 Å². The second-order valence-corrected chi connectivity index (χ2v) is 8.18. The maximum atomic E-state index is 12.9. The van der Waals surface area contributed by atoms with Crippen molar-refractivity contribution in [3.05, 3.63) is 29.8 Å². The van der Waals surface area contributed by atoms with Crippen LogP contribution in [0.4, 0.5) is 0 Å². The Hall–Kier alpha value is -2.12. The van der Waals surface area contributed by atoms with Crippen LogP contribution in [0.25, 0.3) is 0 Å². The molecule has 0 saturated carbocycles. The second kappa shape index (κ2) is 11.3. The fraction of sp³-hybridized carbons (Fsp3) is 0.652. The highest BCUT2D eigenvalue weighted by molar-refractivity contribution is 5.88. The number of nitrogens with one attached hydrogen (secondary N) is 1. The molecule has 0 aliphatic carbocycles. The van der Waals surface area contributed by atoms with Gasteiger partial charge >= 0.3 is 0 Å². The molecule has 0 aromatic heterocycles. The lowest BCUT2D eigenvalue weighted by Crippen LogP contribution is -2.56. The molecular weight excluding hydrogens is 382 g/mol. The Morgan fingerprint density at radius 1 is 1.30 bits per heavy atom. The molecule has 2 aliphatic rings. The van der Waals surface area contributed by atoms with Crippen LogP contribution in [0.5, 0.6) is 5.75 Å². The van der Waals surface area contributed by atoms with Crippen LogP contribution in [-0.2, 0) is 20.9 Å². The van der Waals surface area contributed by atoms with E-state index in [0.29, 0.717) is 25.6 Å². The van der Waals surface area contributed by atoms with E-state index in [-0.39, 0.29) is 18.2 Å². The Morgan fingerprint density at radius 3 is 2.83 bits per heavy atom. The molecule has 0 radical (unpaired) electrons. The highest BCUT2D eigenvalue weighted by Gasteiger charge is 2.33. The summed E-state index contributed by atoms with van der Waals surface area (Å²) < 4.78 is 11.1. The Kier molecular flexibility index (Phi) is 8.51. The van der Waals surface area contributed by atoms with Crippen LogP contribution in [0.15, 0.2) is 24.3 Å². The van der Waals surface area contributed by atoms with E-state index >= 15 is 0 Å². The zero-order valence-electron chi connectivity index (χ0n) is 18.3. The minimum atomic E-state index is -0.452. The van der Waals surface area contributed by atoms with Gasteiger partial charge in [0.2, 0.25) is 11.8 Å². The van der Waals surface area contributed by atoms with Crippen LogP contribution in [0.1, 0.15) is 38.2 Å². The maximum absolute atomic E-state index is 12.9. The number of rotatable bonds is 9. The van der Waals surface area contributed by atoms with Gasteiger partial charge in [0, 0.05) is 52.0 Å². The van der Waals surface area contributed by atoms with Crippen LogP contribution in [0.2, 0.25) is 0 Å². The van der Waals surface area contributed by atoms with Crippen LogP contribution in [0, 0.1) is 5.92 Å².